The standard InChI is InChI=1S/C21H18Cl2N2O3/c1-25-11-10-17(24-25)18(26)8-6-14-7-9-19(27-2)15(12-14)13-28-20-5-3-4-16(22)21(20)23/h3-12H,13H2,1-2H3/b8-6+. The Bertz CT molecular complexity index is 1030. The number of ketones is 1. The van der Waals surface area contributed by atoms with Crippen LogP contribution in [0.25, 0.3) is 6.08 Å². The summed E-state index contributed by atoms with van der Waals surface area (Å²) >= 11 is 12.2. The minimum absolute atomic E-state index is 0.167. The summed E-state index contributed by atoms with van der Waals surface area (Å²) in [5.41, 5.74) is 2.04. The second-order valence-electron chi connectivity index (χ2n) is 5.98. The molecule has 0 bridgehead atoms. The maximum atomic E-state index is 12.2. The molecule has 0 N–H and O–H groups in total. The number of carbonyl (C=O) groups is 1. The van der Waals surface area contributed by atoms with Gasteiger partial charge in [-0.3, -0.25) is 9.48 Å². The number of methoxy groups -OCH3 is 1. The Hall–Kier alpha value is -2.76. The first-order chi connectivity index (χ1) is 13.5. The van der Waals surface area contributed by atoms with Crippen LogP contribution < -0.4 is 9.47 Å². The molecule has 144 valence electrons. The molecule has 28 heavy (non-hydrogen) atoms. The van der Waals surface area contributed by atoms with E-state index in [-0.39, 0.29) is 12.4 Å². The topological polar surface area (TPSA) is 53.4 Å². The van der Waals surface area contributed by atoms with Crippen molar-refractivity contribution in [2.75, 3.05) is 7.11 Å². The lowest BCUT2D eigenvalue weighted by molar-refractivity contribution is 0.104. The summed E-state index contributed by atoms with van der Waals surface area (Å²) in [6, 6.07) is 12.5. The summed E-state index contributed by atoms with van der Waals surface area (Å²) < 4.78 is 12.8. The van der Waals surface area contributed by atoms with Gasteiger partial charge in [0, 0.05) is 18.8 Å². The highest BCUT2D eigenvalue weighted by atomic mass is 35.5. The first-order valence-electron chi connectivity index (χ1n) is 8.43. The number of carbonyl (C=O) groups excluding carboxylic acids is 1. The number of ether oxygens (including phenoxy) is 2. The molecule has 0 amide bonds. The molecule has 0 spiro atoms. The van der Waals surface area contributed by atoms with Gasteiger partial charge in [0.1, 0.15) is 28.8 Å². The zero-order valence-electron chi connectivity index (χ0n) is 15.4. The Morgan fingerprint density at radius 3 is 2.71 bits per heavy atom. The third-order valence-corrected chi connectivity index (χ3v) is 4.80. The number of benzene rings is 2. The molecular weight excluding hydrogens is 399 g/mol. The van der Waals surface area contributed by atoms with Gasteiger partial charge in [0.2, 0.25) is 5.78 Å². The molecule has 2 aromatic carbocycles. The van der Waals surface area contributed by atoms with Gasteiger partial charge in [-0.15, -0.1) is 0 Å². The van der Waals surface area contributed by atoms with Crippen LogP contribution in [0.5, 0.6) is 11.5 Å². The van der Waals surface area contributed by atoms with E-state index in [4.69, 9.17) is 32.7 Å². The second kappa shape index (κ2) is 8.95. The fraction of sp³-hybridized carbons (Fsp3) is 0.143. The predicted molar refractivity (Wildman–Crippen MR) is 110 cm³/mol. The SMILES string of the molecule is COc1ccc(/C=C/C(=O)c2ccn(C)n2)cc1COc1cccc(Cl)c1Cl. The number of hydrogen-bond acceptors (Lipinski definition) is 4. The largest absolute Gasteiger partial charge is 0.496 e. The first-order valence-corrected chi connectivity index (χ1v) is 9.19. The molecule has 0 aliphatic carbocycles. The number of aryl methyl sites for hydroxylation is 1. The summed E-state index contributed by atoms with van der Waals surface area (Å²) in [5, 5.41) is 4.89. The van der Waals surface area contributed by atoms with E-state index in [2.05, 4.69) is 5.10 Å². The second-order valence-corrected chi connectivity index (χ2v) is 6.77. The predicted octanol–water partition coefficient (Wildman–Crippen LogP) is 5.21. The average Bonchev–Trinajstić information content (AvgIpc) is 3.13. The van der Waals surface area contributed by atoms with Gasteiger partial charge >= 0.3 is 0 Å². The van der Waals surface area contributed by atoms with Crippen molar-refractivity contribution in [2.24, 2.45) is 7.05 Å². The van der Waals surface area contributed by atoms with Crippen LogP contribution in [0.15, 0.2) is 54.7 Å². The fourth-order valence-electron chi connectivity index (χ4n) is 2.57. The molecule has 0 saturated carbocycles. The molecule has 0 unspecified atom stereocenters. The van der Waals surface area contributed by atoms with Crippen molar-refractivity contribution in [3.05, 3.63) is 81.6 Å². The van der Waals surface area contributed by atoms with Gasteiger partial charge in [-0.05, 0) is 42.0 Å². The smallest absolute Gasteiger partial charge is 0.206 e. The molecule has 3 rings (SSSR count). The lowest BCUT2D eigenvalue weighted by atomic mass is 10.1. The van der Waals surface area contributed by atoms with E-state index in [0.717, 1.165) is 11.1 Å². The van der Waals surface area contributed by atoms with Crippen molar-refractivity contribution in [3.63, 3.8) is 0 Å². The van der Waals surface area contributed by atoms with Crippen LogP contribution in [0.4, 0.5) is 0 Å². The minimum atomic E-state index is -0.167. The van der Waals surface area contributed by atoms with Crippen LogP contribution >= 0.6 is 23.2 Å². The third-order valence-electron chi connectivity index (χ3n) is 4.00. The van der Waals surface area contributed by atoms with Crippen molar-refractivity contribution < 1.29 is 14.3 Å². The fourth-order valence-corrected chi connectivity index (χ4v) is 2.92. The number of aromatic nitrogens is 2. The van der Waals surface area contributed by atoms with Gasteiger partial charge in [0.15, 0.2) is 0 Å². The van der Waals surface area contributed by atoms with Crippen LogP contribution in [0.1, 0.15) is 21.6 Å². The summed E-state index contributed by atoms with van der Waals surface area (Å²) in [7, 11) is 3.35. The van der Waals surface area contributed by atoms with Gasteiger partial charge in [-0.2, -0.15) is 5.10 Å². The van der Waals surface area contributed by atoms with Crippen LogP contribution in [0.2, 0.25) is 10.0 Å². The zero-order valence-corrected chi connectivity index (χ0v) is 16.9. The van der Waals surface area contributed by atoms with Gasteiger partial charge in [0.25, 0.3) is 0 Å². The zero-order chi connectivity index (χ0) is 20.1. The quantitative estimate of drug-likeness (QED) is 0.391. The maximum Gasteiger partial charge on any atom is 0.206 e. The molecule has 0 aliphatic heterocycles. The van der Waals surface area contributed by atoms with Crippen molar-refractivity contribution in [3.8, 4) is 11.5 Å². The van der Waals surface area contributed by atoms with E-state index in [1.54, 1.807) is 55.4 Å². The Balaban J connectivity index is 1.77. The number of hydrogen-bond donors (Lipinski definition) is 0. The Morgan fingerprint density at radius 1 is 1.18 bits per heavy atom. The summed E-state index contributed by atoms with van der Waals surface area (Å²) in [6.07, 6.45) is 4.94. The van der Waals surface area contributed by atoms with E-state index in [0.29, 0.717) is 27.2 Å². The molecule has 0 fully saturated rings. The molecule has 1 aromatic heterocycles. The normalized spacial score (nSPS) is 11.0. The van der Waals surface area contributed by atoms with Gasteiger partial charge in [-0.25, -0.2) is 0 Å². The van der Waals surface area contributed by atoms with Gasteiger partial charge in [-0.1, -0.05) is 41.4 Å². The Labute approximate surface area is 173 Å². The first kappa shape index (κ1) is 20.0. The molecule has 5 nitrogen and oxygen atoms in total. The molecule has 0 radical (unpaired) electrons. The van der Waals surface area contributed by atoms with Crippen molar-refractivity contribution in [1.82, 2.24) is 9.78 Å². The maximum absolute atomic E-state index is 12.2. The molecule has 0 saturated heterocycles. The Kier molecular flexibility index (Phi) is 6.39. The molecule has 1 heterocycles. The molecule has 3 aromatic rings. The summed E-state index contributed by atoms with van der Waals surface area (Å²) in [6.45, 7) is 0.235. The lowest BCUT2D eigenvalue weighted by Crippen LogP contribution is -2.00. The molecular formula is C21H18Cl2N2O3. The van der Waals surface area contributed by atoms with E-state index in [9.17, 15) is 4.79 Å². The van der Waals surface area contributed by atoms with Gasteiger partial charge < -0.3 is 9.47 Å². The average molecular weight is 417 g/mol. The van der Waals surface area contributed by atoms with Gasteiger partial charge in [0.05, 0.1) is 12.1 Å². The van der Waals surface area contributed by atoms with Crippen molar-refractivity contribution in [2.45, 2.75) is 6.61 Å². The van der Waals surface area contributed by atoms with Crippen LogP contribution in [-0.2, 0) is 13.7 Å². The lowest BCUT2D eigenvalue weighted by Gasteiger charge is -2.12. The highest BCUT2D eigenvalue weighted by Gasteiger charge is 2.09. The van der Waals surface area contributed by atoms with E-state index in [1.807, 2.05) is 18.2 Å². The Morgan fingerprint density at radius 2 is 2.00 bits per heavy atom. The number of nitrogens with zero attached hydrogens (tertiary/aromatic N) is 2. The van der Waals surface area contributed by atoms with Crippen LogP contribution in [-0.4, -0.2) is 22.7 Å². The van der Waals surface area contributed by atoms with Crippen molar-refractivity contribution in [1.29, 1.82) is 0 Å². The van der Waals surface area contributed by atoms with E-state index in [1.165, 1.54) is 6.08 Å². The highest BCUT2D eigenvalue weighted by Crippen LogP contribution is 2.32. The van der Waals surface area contributed by atoms with E-state index < -0.39 is 0 Å². The van der Waals surface area contributed by atoms with Crippen LogP contribution in [0.3, 0.4) is 0 Å². The number of rotatable bonds is 7. The molecule has 7 heteroatoms. The third kappa shape index (κ3) is 4.74. The minimum Gasteiger partial charge on any atom is -0.496 e. The van der Waals surface area contributed by atoms with Crippen molar-refractivity contribution >= 4 is 35.1 Å². The summed E-state index contributed by atoms with van der Waals surface area (Å²) in [4.78, 5) is 12.2. The molecule has 0 aliphatic rings. The van der Waals surface area contributed by atoms with Crippen LogP contribution in [0, 0.1) is 0 Å². The number of halogens is 2. The highest BCUT2D eigenvalue weighted by molar-refractivity contribution is 6.42. The molecule has 0 atom stereocenters. The monoisotopic (exact) mass is 416 g/mol. The number of allylic oxidation sites excluding steroid dienone is 1. The van der Waals surface area contributed by atoms with E-state index >= 15 is 0 Å². The summed E-state index contributed by atoms with van der Waals surface area (Å²) in [5.74, 6) is 0.994.